The molecule has 1 aliphatic rings. The molecule has 1 atom stereocenters. The highest BCUT2D eigenvalue weighted by Gasteiger charge is 2.33. The SMILES string of the molecule is CCOC(=O)C1=C(C)N=c2s/c(=C/c3ccc(O)c(Br)c3)c(=O)n2[C@H]1c1ccccc1. The fourth-order valence-electron chi connectivity index (χ4n) is 3.51. The van der Waals surface area contributed by atoms with Gasteiger partial charge in [0, 0.05) is 0 Å². The zero-order chi connectivity index (χ0) is 22.1. The van der Waals surface area contributed by atoms with Crippen molar-refractivity contribution in [2.45, 2.75) is 19.9 Å². The summed E-state index contributed by atoms with van der Waals surface area (Å²) in [5.41, 5.74) is 2.22. The fraction of sp³-hybridized carbons (Fsp3) is 0.174. The molecule has 1 N–H and O–H groups in total. The first-order chi connectivity index (χ1) is 14.9. The molecule has 0 aliphatic carbocycles. The van der Waals surface area contributed by atoms with Crippen LogP contribution in [0.1, 0.15) is 31.0 Å². The number of benzene rings is 2. The van der Waals surface area contributed by atoms with Gasteiger partial charge in [-0.2, -0.15) is 0 Å². The Morgan fingerprint density at radius 1 is 1.29 bits per heavy atom. The Labute approximate surface area is 190 Å². The van der Waals surface area contributed by atoms with Crippen LogP contribution in [-0.2, 0) is 9.53 Å². The van der Waals surface area contributed by atoms with Gasteiger partial charge in [-0.25, -0.2) is 9.79 Å². The highest BCUT2D eigenvalue weighted by Crippen LogP contribution is 2.30. The number of hydrogen-bond acceptors (Lipinski definition) is 6. The number of allylic oxidation sites excluding steroid dienone is 1. The van der Waals surface area contributed by atoms with Crippen molar-refractivity contribution in [3.63, 3.8) is 0 Å². The van der Waals surface area contributed by atoms with Crippen LogP contribution in [0.3, 0.4) is 0 Å². The number of esters is 1. The van der Waals surface area contributed by atoms with Gasteiger partial charge in [-0.1, -0.05) is 47.7 Å². The van der Waals surface area contributed by atoms with Crippen molar-refractivity contribution in [1.29, 1.82) is 0 Å². The number of rotatable bonds is 4. The lowest BCUT2D eigenvalue weighted by atomic mass is 9.96. The van der Waals surface area contributed by atoms with Gasteiger partial charge in [-0.3, -0.25) is 9.36 Å². The van der Waals surface area contributed by atoms with Crippen LogP contribution in [0.15, 0.2) is 74.1 Å². The van der Waals surface area contributed by atoms with E-state index in [0.717, 1.165) is 11.1 Å². The van der Waals surface area contributed by atoms with E-state index >= 15 is 0 Å². The van der Waals surface area contributed by atoms with Crippen LogP contribution in [0.5, 0.6) is 5.75 Å². The predicted octanol–water partition coefficient (Wildman–Crippen LogP) is 3.27. The minimum Gasteiger partial charge on any atom is -0.507 e. The van der Waals surface area contributed by atoms with Gasteiger partial charge in [-0.05, 0) is 59.1 Å². The van der Waals surface area contributed by atoms with Gasteiger partial charge in [-0.15, -0.1) is 0 Å². The lowest BCUT2D eigenvalue weighted by Gasteiger charge is -2.24. The van der Waals surface area contributed by atoms with E-state index in [1.54, 1.807) is 42.7 Å². The first-order valence-corrected chi connectivity index (χ1v) is 11.2. The number of carbonyl (C=O) groups excluding carboxylic acids is 1. The number of aromatic nitrogens is 1. The molecular weight excluding hydrogens is 480 g/mol. The molecule has 2 heterocycles. The lowest BCUT2D eigenvalue weighted by Crippen LogP contribution is -2.39. The van der Waals surface area contributed by atoms with Crippen LogP contribution < -0.4 is 14.9 Å². The van der Waals surface area contributed by atoms with E-state index in [0.29, 0.717) is 25.1 Å². The summed E-state index contributed by atoms with van der Waals surface area (Å²) in [5.74, 6) is -0.355. The Bertz CT molecular complexity index is 1370. The van der Waals surface area contributed by atoms with Crippen molar-refractivity contribution in [3.8, 4) is 5.75 Å². The number of carbonyl (C=O) groups is 1. The summed E-state index contributed by atoms with van der Waals surface area (Å²) < 4.78 is 7.86. The van der Waals surface area contributed by atoms with E-state index in [1.807, 2.05) is 30.3 Å². The third-order valence-corrected chi connectivity index (χ3v) is 6.52. The number of aromatic hydroxyl groups is 1. The molecule has 0 amide bonds. The van der Waals surface area contributed by atoms with Crippen molar-refractivity contribution in [3.05, 3.63) is 95.1 Å². The number of halogens is 1. The summed E-state index contributed by atoms with van der Waals surface area (Å²) in [6.07, 6.45) is 1.75. The summed E-state index contributed by atoms with van der Waals surface area (Å²) in [7, 11) is 0. The third-order valence-electron chi connectivity index (χ3n) is 4.90. The maximum absolute atomic E-state index is 13.4. The van der Waals surface area contributed by atoms with E-state index < -0.39 is 12.0 Å². The van der Waals surface area contributed by atoms with Crippen molar-refractivity contribution in [2.24, 2.45) is 4.99 Å². The van der Waals surface area contributed by atoms with Crippen LogP contribution in [0.25, 0.3) is 6.08 Å². The van der Waals surface area contributed by atoms with Crippen LogP contribution in [-0.4, -0.2) is 22.2 Å². The van der Waals surface area contributed by atoms with Crippen LogP contribution in [0, 0.1) is 0 Å². The first kappa shape index (κ1) is 21.3. The van der Waals surface area contributed by atoms with Gasteiger partial charge in [0.2, 0.25) is 0 Å². The zero-order valence-electron chi connectivity index (χ0n) is 16.8. The van der Waals surface area contributed by atoms with Crippen molar-refractivity contribution < 1.29 is 14.6 Å². The summed E-state index contributed by atoms with van der Waals surface area (Å²) in [4.78, 5) is 31.3. The van der Waals surface area contributed by atoms with Gasteiger partial charge in [0.25, 0.3) is 5.56 Å². The number of hydrogen-bond donors (Lipinski definition) is 1. The first-order valence-electron chi connectivity index (χ1n) is 9.64. The molecule has 3 aromatic rings. The fourth-order valence-corrected chi connectivity index (χ4v) is 4.95. The normalized spacial score (nSPS) is 16.1. The molecule has 1 aliphatic heterocycles. The standard InChI is InChI=1S/C23H19BrN2O4S/c1-3-30-22(29)19-13(2)25-23-26(20(19)15-7-5-4-6-8-15)21(28)18(31-23)12-14-9-10-17(27)16(24)11-14/h4-12,20,27H,3H2,1-2H3/b18-12+/t20-/m0/s1. The zero-order valence-corrected chi connectivity index (χ0v) is 19.2. The van der Waals surface area contributed by atoms with Gasteiger partial charge in [0.05, 0.1) is 32.9 Å². The molecule has 0 radical (unpaired) electrons. The quantitative estimate of drug-likeness (QED) is 0.559. The Hall–Kier alpha value is -2.97. The minimum absolute atomic E-state index is 0.123. The van der Waals surface area contributed by atoms with Crippen molar-refractivity contribution in [1.82, 2.24) is 4.57 Å². The molecule has 0 saturated carbocycles. The lowest BCUT2D eigenvalue weighted by molar-refractivity contribution is -0.139. The van der Waals surface area contributed by atoms with E-state index in [-0.39, 0.29) is 17.9 Å². The van der Waals surface area contributed by atoms with E-state index in [2.05, 4.69) is 20.9 Å². The van der Waals surface area contributed by atoms with Crippen LogP contribution >= 0.6 is 27.3 Å². The molecule has 6 nitrogen and oxygen atoms in total. The Morgan fingerprint density at radius 3 is 2.71 bits per heavy atom. The number of thiazole rings is 1. The summed E-state index contributed by atoms with van der Waals surface area (Å²) in [6, 6.07) is 13.8. The Kier molecular flexibility index (Phi) is 5.93. The maximum Gasteiger partial charge on any atom is 0.338 e. The number of nitrogens with zero attached hydrogens (tertiary/aromatic N) is 2. The van der Waals surface area contributed by atoms with Crippen molar-refractivity contribution in [2.75, 3.05) is 6.61 Å². The molecule has 0 unspecified atom stereocenters. The average Bonchev–Trinajstić information content (AvgIpc) is 3.05. The Balaban J connectivity index is 1.95. The smallest absolute Gasteiger partial charge is 0.338 e. The van der Waals surface area contributed by atoms with Crippen molar-refractivity contribution >= 4 is 39.3 Å². The predicted molar refractivity (Wildman–Crippen MR) is 123 cm³/mol. The summed E-state index contributed by atoms with van der Waals surface area (Å²) in [6.45, 7) is 3.74. The molecule has 0 fully saturated rings. The van der Waals surface area contributed by atoms with Crippen LogP contribution in [0.4, 0.5) is 0 Å². The molecule has 0 spiro atoms. The average molecular weight is 499 g/mol. The summed E-state index contributed by atoms with van der Waals surface area (Å²) in [5, 5.41) is 9.72. The molecule has 2 aromatic carbocycles. The second kappa shape index (κ2) is 8.64. The molecular formula is C23H19BrN2O4S. The van der Waals surface area contributed by atoms with Gasteiger partial charge >= 0.3 is 5.97 Å². The van der Waals surface area contributed by atoms with Gasteiger partial charge < -0.3 is 9.84 Å². The molecule has 8 heteroatoms. The second-order valence-corrected chi connectivity index (χ2v) is 8.79. The van der Waals surface area contributed by atoms with E-state index in [1.165, 1.54) is 11.3 Å². The molecule has 0 saturated heterocycles. The number of fused-ring (bicyclic) bond motifs is 1. The molecule has 4 rings (SSSR count). The van der Waals surface area contributed by atoms with Gasteiger partial charge in [0.1, 0.15) is 5.75 Å². The van der Waals surface area contributed by atoms with Gasteiger partial charge in [0.15, 0.2) is 4.80 Å². The number of phenols is 1. The topological polar surface area (TPSA) is 80.9 Å². The maximum atomic E-state index is 13.4. The number of ether oxygens (including phenoxy) is 1. The van der Waals surface area contributed by atoms with E-state index in [4.69, 9.17) is 4.74 Å². The largest absolute Gasteiger partial charge is 0.507 e. The molecule has 0 bridgehead atoms. The minimum atomic E-state index is -0.620. The molecule has 1 aromatic heterocycles. The monoisotopic (exact) mass is 498 g/mol. The number of phenolic OH excluding ortho intramolecular Hbond substituents is 1. The second-order valence-electron chi connectivity index (χ2n) is 6.92. The van der Waals surface area contributed by atoms with E-state index in [9.17, 15) is 14.7 Å². The Morgan fingerprint density at radius 2 is 2.03 bits per heavy atom. The molecule has 31 heavy (non-hydrogen) atoms. The third kappa shape index (κ3) is 4.00. The highest BCUT2D eigenvalue weighted by molar-refractivity contribution is 9.10. The summed E-state index contributed by atoms with van der Waals surface area (Å²) >= 11 is 4.56. The molecule has 158 valence electrons. The highest BCUT2D eigenvalue weighted by atomic mass is 79.9. The van der Waals surface area contributed by atoms with Crippen LogP contribution in [0.2, 0.25) is 0 Å².